The van der Waals surface area contributed by atoms with Crippen LogP contribution in [-0.2, 0) is 12.8 Å². The van der Waals surface area contributed by atoms with Crippen molar-refractivity contribution in [3.63, 3.8) is 0 Å². The van der Waals surface area contributed by atoms with Crippen molar-refractivity contribution >= 4 is 5.69 Å². The van der Waals surface area contributed by atoms with Gasteiger partial charge in [-0.3, -0.25) is 9.88 Å². The van der Waals surface area contributed by atoms with E-state index >= 15 is 0 Å². The van der Waals surface area contributed by atoms with Crippen molar-refractivity contribution in [1.82, 2.24) is 9.88 Å². The van der Waals surface area contributed by atoms with E-state index in [0.717, 1.165) is 26.1 Å². The van der Waals surface area contributed by atoms with Crippen LogP contribution >= 0.6 is 0 Å². The largest absolute Gasteiger partial charge is 0.366 e. The van der Waals surface area contributed by atoms with Crippen molar-refractivity contribution in [3.8, 4) is 0 Å². The van der Waals surface area contributed by atoms with Crippen LogP contribution < -0.4 is 4.90 Å². The van der Waals surface area contributed by atoms with E-state index in [9.17, 15) is 0 Å². The molecule has 4 rings (SSSR count). The highest BCUT2D eigenvalue weighted by molar-refractivity contribution is 5.57. The lowest BCUT2D eigenvalue weighted by Crippen LogP contribution is -2.55. The van der Waals surface area contributed by atoms with Gasteiger partial charge in [-0.15, -0.1) is 0 Å². The molecule has 0 N–H and O–H groups in total. The molecule has 2 aromatic rings. The summed E-state index contributed by atoms with van der Waals surface area (Å²) in [6.45, 7) is 4.64. The van der Waals surface area contributed by atoms with Crippen LogP contribution in [0.1, 0.15) is 17.7 Å². The standard InChI is InChI=1S/C19H23N3/c1-2-7-19-16(5-1)8-9-18-15-21(13-14-22(18)19)12-10-17-6-3-4-11-20-17/h1-7,11,18H,8-10,12-15H2. The number of para-hydroxylation sites is 1. The molecule has 1 unspecified atom stereocenters. The first-order valence-electron chi connectivity index (χ1n) is 8.37. The number of aryl methyl sites for hydroxylation is 1. The molecule has 22 heavy (non-hydrogen) atoms. The molecule has 1 atom stereocenters. The van der Waals surface area contributed by atoms with Crippen LogP contribution in [0.15, 0.2) is 48.7 Å². The van der Waals surface area contributed by atoms with Gasteiger partial charge >= 0.3 is 0 Å². The summed E-state index contributed by atoms with van der Waals surface area (Å²) in [5.41, 5.74) is 4.21. The first kappa shape index (κ1) is 13.8. The molecule has 0 amide bonds. The lowest BCUT2D eigenvalue weighted by atomic mass is 9.94. The molecule has 3 heteroatoms. The van der Waals surface area contributed by atoms with Gasteiger partial charge in [-0.1, -0.05) is 24.3 Å². The van der Waals surface area contributed by atoms with Crippen LogP contribution in [0.25, 0.3) is 0 Å². The summed E-state index contributed by atoms with van der Waals surface area (Å²) < 4.78 is 0. The molecule has 1 aromatic heterocycles. The maximum absolute atomic E-state index is 4.44. The van der Waals surface area contributed by atoms with Gasteiger partial charge in [-0.25, -0.2) is 0 Å². The Morgan fingerprint density at radius 1 is 1.05 bits per heavy atom. The number of anilines is 1. The van der Waals surface area contributed by atoms with Crippen LogP contribution in [0.5, 0.6) is 0 Å². The van der Waals surface area contributed by atoms with Crippen molar-refractivity contribution in [2.75, 3.05) is 31.1 Å². The average Bonchev–Trinajstić information content (AvgIpc) is 2.60. The van der Waals surface area contributed by atoms with Crippen LogP contribution in [0.3, 0.4) is 0 Å². The average molecular weight is 293 g/mol. The van der Waals surface area contributed by atoms with Crippen molar-refractivity contribution < 1.29 is 0 Å². The Balaban J connectivity index is 1.39. The molecule has 3 nitrogen and oxygen atoms in total. The third-order valence-electron chi connectivity index (χ3n) is 5.03. The molecule has 0 radical (unpaired) electrons. The number of fused-ring (bicyclic) bond motifs is 3. The van der Waals surface area contributed by atoms with Gasteiger partial charge in [0.2, 0.25) is 0 Å². The zero-order valence-corrected chi connectivity index (χ0v) is 13.0. The van der Waals surface area contributed by atoms with Gasteiger partial charge in [-0.2, -0.15) is 0 Å². The second-order valence-corrected chi connectivity index (χ2v) is 6.39. The summed E-state index contributed by atoms with van der Waals surface area (Å²) in [4.78, 5) is 9.69. The zero-order chi connectivity index (χ0) is 14.8. The molecular weight excluding hydrogens is 270 g/mol. The van der Waals surface area contributed by atoms with Gasteiger partial charge in [0.15, 0.2) is 0 Å². The Labute approximate surface area is 132 Å². The Hall–Kier alpha value is -1.87. The third kappa shape index (κ3) is 2.73. The highest BCUT2D eigenvalue weighted by Gasteiger charge is 2.31. The quantitative estimate of drug-likeness (QED) is 0.867. The Kier molecular flexibility index (Phi) is 3.81. The summed E-state index contributed by atoms with van der Waals surface area (Å²) in [6, 6.07) is 15.8. The second-order valence-electron chi connectivity index (χ2n) is 6.39. The third-order valence-corrected chi connectivity index (χ3v) is 5.03. The molecule has 1 saturated heterocycles. The lowest BCUT2D eigenvalue weighted by molar-refractivity contribution is 0.216. The van der Waals surface area contributed by atoms with E-state index in [1.807, 2.05) is 12.3 Å². The number of nitrogens with zero attached hydrogens (tertiary/aromatic N) is 3. The Morgan fingerprint density at radius 3 is 2.86 bits per heavy atom. The predicted molar refractivity (Wildman–Crippen MR) is 90.3 cm³/mol. The van der Waals surface area contributed by atoms with Crippen LogP contribution in [0.2, 0.25) is 0 Å². The lowest BCUT2D eigenvalue weighted by Gasteiger charge is -2.46. The minimum absolute atomic E-state index is 0.687. The molecule has 0 saturated carbocycles. The van der Waals surface area contributed by atoms with Crippen molar-refractivity contribution in [3.05, 3.63) is 59.9 Å². The highest BCUT2D eigenvalue weighted by Crippen LogP contribution is 2.32. The van der Waals surface area contributed by atoms with Crippen molar-refractivity contribution in [2.24, 2.45) is 0 Å². The fourth-order valence-corrected chi connectivity index (χ4v) is 3.83. The normalized spacial score (nSPS) is 21.3. The highest BCUT2D eigenvalue weighted by atomic mass is 15.3. The van der Waals surface area contributed by atoms with Gasteiger partial charge < -0.3 is 4.90 Å². The number of aromatic nitrogens is 1. The van der Waals surface area contributed by atoms with Gasteiger partial charge in [0.05, 0.1) is 0 Å². The van der Waals surface area contributed by atoms with Crippen molar-refractivity contribution in [1.29, 1.82) is 0 Å². The van der Waals surface area contributed by atoms with E-state index in [2.05, 4.69) is 51.2 Å². The van der Waals surface area contributed by atoms with Gasteiger partial charge in [-0.05, 0) is 36.6 Å². The maximum Gasteiger partial charge on any atom is 0.0420 e. The molecular formula is C19H23N3. The van der Waals surface area contributed by atoms with E-state index in [-0.39, 0.29) is 0 Å². The fraction of sp³-hybridized carbons (Fsp3) is 0.421. The van der Waals surface area contributed by atoms with E-state index in [1.54, 1.807) is 0 Å². The molecule has 2 aliphatic heterocycles. The van der Waals surface area contributed by atoms with Crippen LogP contribution in [-0.4, -0.2) is 42.1 Å². The molecule has 1 aromatic carbocycles. The summed E-state index contributed by atoms with van der Waals surface area (Å²) in [5, 5.41) is 0. The van der Waals surface area contributed by atoms with Gasteiger partial charge in [0, 0.05) is 56.2 Å². The van der Waals surface area contributed by atoms with Crippen LogP contribution in [0.4, 0.5) is 5.69 Å². The van der Waals surface area contributed by atoms with Gasteiger partial charge in [0.25, 0.3) is 0 Å². The SMILES string of the molecule is c1ccc(CCN2CCN3c4ccccc4CCC3C2)nc1. The van der Waals surface area contributed by atoms with E-state index < -0.39 is 0 Å². The van der Waals surface area contributed by atoms with Crippen molar-refractivity contribution in [2.45, 2.75) is 25.3 Å². The summed E-state index contributed by atoms with van der Waals surface area (Å²) >= 11 is 0. The predicted octanol–water partition coefficient (Wildman–Crippen LogP) is 2.76. The number of hydrogen-bond acceptors (Lipinski definition) is 3. The summed E-state index contributed by atoms with van der Waals surface area (Å²) in [7, 11) is 0. The van der Waals surface area contributed by atoms with Crippen LogP contribution in [0, 0.1) is 0 Å². The van der Waals surface area contributed by atoms with E-state index in [0.29, 0.717) is 6.04 Å². The molecule has 1 fully saturated rings. The fourth-order valence-electron chi connectivity index (χ4n) is 3.83. The minimum Gasteiger partial charge on any atom is -0.366 e. The molecule has 3 heterocycles. The second kappa shape index (κ2) is 6.09. The molecule has 0 aliphatic carbocycles. The minimum atomic E-state index is 0.687. The Morgan fingerprint density at radius 2 is 1.95 bits per heavy atom. The number of hydrogen-bond donors (Lipinski definition) is 0. The molecule has 114 valence electrons. The van der Waals surface area contributed by atoms with E-state index in [1.165, 1.54) is 36.3 Å². The molecule has 0 bridgehead atoms. The molecule has 0 spiro atoms. The summed E-state index contributed by atoms with van der Waals surface area (Å²) in [6.07, 6.45) is 5.47. The maximum atomic E-state index is 4.44. The zero-order valence-electron chi connectivity index (χ0n) is 13.0. The number of pyridine rings is 1. The molecule has 2 aliphatic rings. The summed E-state index contributed by atoms with van der Waals surface area (Å²) in [5.74, 6) is 0. The first-order valence-corrected chi connectivity index (χ1v) is 8.37. The smallest absolute Gasteiger partial charge is 0.0420 e. The topological polar surface area (TPSA) is 19.4 Å². The number of rotatable bonds is 3. The monoisotopic (exact) mass is 293 g/mol. The Bertz CT molecular complexity index is 626. The van der Waals surface area contributed by atoms with E-state index in [4.69, 9.17) is 0 Å². The number of benzene rings is 1. The number of piperazine rings is 1. The first-order chi connectivity index (χ1) is 10.9. The van der Waals surface area contributed by atoms with Gasteiger partial charge in [0.1, 0.15) is 0 Å².